The van der Waals surface area contributed by atoms with Gasteiger partial charge in [-0.2, -0.15) is 0 Å². The van der Waals surface area contributed by atoms with E-state index in [9.17, 15) is 9.59 Å². The number of esters is 2. The highest BCUT2D eigenvalue weighted by Crippen LogP contribution is 1.95. The molecule has 0 unspecified atom stereocenters. The van der Waals surface area contributed by atoms with Gasteiger partial charge in [0.05, 0.1) is 6.10 Å². The summed E-state index contributed by atoms with van der Waals surface area (Å²) >= 11 is 0. The molecule has 0 aliphatic heterocycles. The van der Waals surface area contributed by atoms with Gasteiger partial charge in [-0.1, -0.05) is 0 Å². The second-order valence-corrected chi connectivity index (χ2v) is 2.42. The topological polar surface area (TPSA) is 75.6 Å². The first kappa shape index (κ1) is 11.1. The van der Waals surface area contributed by atoms with Crippen molar-refractivity contribution < 1.29 is 19.4 Å². The van der Waals surface area contributed by atoms with Crippen LogP contribution in [0.25, 0.3) is 0 Å². The van der Waals surface area contributed by atoms with E-state index in [1.54, 1.807) is 0 Å². The van der Waals surface area contributed by atoms with Gasteiger partial charge in [-0.25, -0.2) is 4.79 Å². The molecule has 0 radical (unpaired) electrons. The molecule has 70 valence electrons. The molecule has 12 heavy (non-hydrogen) atoms. The van der Waals surface area contributed by atoms with Gasteiger partial charge in [0, 0.05) is 6.92 Å². The van der Waals surface area contributed by atoms with E-state index in [-0.39, 0.29) is 0 Å². The second kappa shape index (κ2) is 4.84. The number of likely N-dealkylation sites (N-methyl/N-ethyl adjacent to an activating group) is 1. The maximum Gasteiger partial charge on any atom is 0.333 e. The van der Waals surface area contributed by atoms with Crippen molar-refractivity contribution in [3.63, 3.8) is 0 Å². The summed E-state index contributed by atoms with van der Waals surface area (Å²) in [4.78, 5) is 21.3. The van der Waals surface area contributed by atoms with Crippen molar-refractivity contribution in [2.75, 3.05) is 7.05 Å². The van der Waals surface area contributed by atoms with E-state index >= 15 is 0 Å². The molecule has 0 rings (SSSR count). The average molecular weight is 175 g/mol. The van der Waals surface area contributed by atoms with Crippen LogP contribution in [0.3, 0.4) is 0 Å². The van der Waals surface area contributed by atoms with Crippen molar-refractivity contribution in [1.29, 1.82) is 0 Å². The lowest BCUT2D eigenvalue weighted by molar-refractivity contribution is -0.161. The lowest BCUT2D eigenvalue weighted by atomic mass is 10.2. The third-order valence-electron chi connectivity index (χ3n) is 1.29. The first-order valence-corrected chi connectivity index (χ1v) is 3.56. The molecule has 0 aliphatic rings. The first-order chi connectivity index (χ1) is 5.49. The molecule has 0 saturated carbocycles. The summed E-state index contributed by atoms with van der Waals surface area (Å²) in [6.45, 7) is 2.56. The number of aliphatic hydroxyl groups excluding tert-OH is 1. The highest BCUT2D eigenvalue weighted by molar-refractivity contribution is 5.87. The van der Waals surface area contributed by atoms with E-state index in [0.717, 1.165) is 6.92 Å². The summed E-state index contributed by atoms with van der Waals surface area (Å²) in [6, 6.07) is -0.853. The normalized spacial score (nSPS) is 15.0. The smallest absolute Gasteiger partial charge is 0.333 e. The zero-order valence-corrected chi connectivity index (χ0v) is 7.33. The summed E-state index contributed by atoms with van der Waals surface area (Å²) in [5.41, 5.74) is 0. The summed E-state index contributed by atoms with van der Waals surface area (Å²) in [6.07, 6.45) is -0.887. The van der Waals surface area contributed by atoms with E-state index in [1.165, 1.54) is 14.0 Å². The minimum Gasteiger partial charge on any atom is -0.392 e. The zero-order valence-electron chi connectivity index (χ0n) is 7.33. The van der Waals surface area contributed by atoms with E-state index in [2.05, 4.69) is 10.1 Å². The van der Waals surface area contributed by atoms with Gasteiger partial charge in [0.2, 0.25) is 0 Å². The van der Waals surface area contributed by atoms with Crippen LogP contribution in [0.5, 0.6) is 0 Å². The number of hydrogen-bond donors (Lipinski definition) is 2. The van der Waals surface area contributed by atoms with Crippen LogP contribution in [0.4, 0.5) is 0 Å². The molecule has 0 aromatic heterocycles. The zero-order chi connectivity index (χ0) is 9.72. The van der Waals surface area contributed by atoms with Crippen LogP contribution < -0.4 is 5.32 Å². The van der Waals surface area contributed by atoms with Crippen LogP contribution in [-0.2, 0) is 14.3 Å². The molecular weight excluding hydrogens is 162 g/mol. The van der Waals surface area contributed by atoms with Crippen molar-refractivity contribution in [3.05, 3.63) is 0 Å². The highest BCUT2D eigenvalue weighted by atomic mass is 16.6. The van der Waals surface area contributed by atoms with Gasteiger partial charge < -0.3 is 15.2 Å². The molecule has 0 fully saturated rings. The van der Waals surface area contributed by atoms with Crippen LogP contribution in [0.2, 0.25) is 0 Å². The molecule has 2 atom stereocenters. The Hall–Kier alpha value is -0.940. The van der Waals surface area contributed by atoms with Gasteiger partial charge in [-0.05, 0) is 14.0 Å². The van der Waals surface area contributed by atoms with Gasteiger partial charge in [-0.15, -0.1) is 0 Å². The third-order valence-corrected chi connectivity index (χ3v) is 1.29. The number of carbonyl (C=O) groups excluding carboxylic acids is 2. The summed E-state index contributed by atoms with van der Waals surface area (Å²) in [5, 5.41) is 11.6. The minimum absolute atomic E-state index is 0.680. The van der Waals surface area contributed by atoms with Crippen LogP contribution >= 0.6 is 0 Å². The Bertz CT molecular complexity index is 178. The highest BCUT2D eigenvalue weighted by Gasteiger charge is 2.24. The minimum atomic E-state index is -0.887. The van der Waals surface area contributed by atoms with E-state index in [0.29, 0.717) is 0 Å². The molecular formula is C7H13NO4. The molecule has 0 heterocycles. The molecule has 0 aromatic rings. The standard InChI is InChI=1S/C7H13NO4/c1-4(9)6(8-3)7(11)12-5(2)10/h4,6,8-9H,1-3H3/t4-,6+/m1/s1. The maximum atomic E-state index is 11.0. The van der Waals surface area contributed by atoms with Gasteiger partial charge in [0.25, 0.3) is 0 Å². The molecule has 0 aromatic carbocycles. The number of hydrogen-bond acceptors (Lipinski definition) is 5. The van der Waals surface area contributed by atoms with Gasteiger partial charge >= 0.3 is 11.9 Å². The maximum absolute atomic E-state index is 11.0. The van der Waals surface area contributed by atoms with Crippen LogP contribution in [0.15, 0.2) is 0 Å². The van der Waals surface area contributed by atoms with E-state index in [1.807, 2.05) is 0 Å². The Balaban J connectivity index is 4.12. The second-order valence-electron chi connectivity index (χ2n) is 2.42. The molecule has 5 heteroatoms. The van der Waals surface area contributed by atoms with Crippen molar-refractivity contribution in [3.8, 4) is 0 Å². The molecule has 5 nitrogen and oxygen atoms in total. The Kier molecular flexibility index (Phi) is 4.46. The fourth-order valence-electron chi connectivity index (χ4n) is 0.761. The lowest BCUT2D eigenvalue weighted by Gasteiger charge is -2.15. The van der Waals surface area contributed by atoms with Gasteiger partial charge in [0.1, 0.15) is 6.04 Å². The number of ether oxygens (including phenoxy) is 1. The third kappa shape index (κ3) is 3.45. The first-order valence-electron chi connectivity index (χ1n) is 3.56. The van der Waals surface area contributed by atoms with Crippen LogP contribution in [0.1, 0.15) is 13.8 Å². The average Bonchev–Trinajstić information content (AvgIpc) is 1.85. The number of nitrogens with one attached hydrogen (secondary N) is 1. The van der Waals surface area contributed by atoms with Crippen molar-refractivity contribution in [2.45, 2.75) is 26.0 Å². The molecule has 2 N–H and O–H groups in total. The molecule has 0 aliphatic carbocycles. The SMILES string of the molecule is CN[C@H](C(=O)OC(C)=O)[C@@H](C)O. The number of aliphatic hydroxyl groups is 1. The molecule has 0 saturated heterocycles. The number of rotatable bonds is 3. The van der Waals surface area contributed by atoms with E-state index < -0.39 is 24.1 Å². The quantitative estimate of drug-likeness (QED) is 0.427. The summed E-state index contributed by atoms with van der Waals surface area (Å²) < 4.78 is 4.26. The monoisotopic (exact) mass is 175 g/mol. The van der Waals surface area contributed by atoms with Crippen molar-refractivity contribution in [2.24, 2.45) is 0 Å². The van der Waals surface area contributed by atoms with Crippen molar-refractivity contribution in [1.82, 2.24) is 5.32 Å². The Morgan fingerprint density at radius 2 is 2.00 bits per heavy atom. The van der Waals surface area contributed by atoms with Gasteiger partial charge in [-0.3, -0.25) is 4.79 Å². The predicted octanol–water partition coefficient (Wildman–Crippen LogP) is -0.955. The number of carbonyl (C=O) groups is 2. The van der Waals surface area contributed by atoms with Crippen molar-refractivity contribution >= 4 is 11.9 Å². The fraction of sp³-hybridized carbons (Fsp3) is 0.714. The van der Waals surface area contributed by atoms with E-state index in [4.69, 9.17) is 5.11 Å². The fourth-order valence-corrected chi connectivity index (χ4v) is 0.761. The predicted molar refractivity (Wildman–Crippen MR) is 41.3 cm³/mol. The Labute approximate surface area is 70.7 Å². The summed E-state index contributed by atoms with van der Waals surface area (Å²) in [7, 11) is 1.50. The summed E-state index contributed by atoms with van der Waals surface area (Å²) in [5.74, 6) is -1.44. The molecule has 0 amide bonds. The van der Waals surface area contributed by atoms with Gasteiger partial charge in [0.15, 0.2) is 0 Å². The van der Waals surface area contributed by atoms with Crippen LogP contribution in [-0.4, -0.2) is 36.2 Å². The Morgan fingerprint density at radius 1 is 1.50 bits per heavy atom. The molecule has 0 bridgehead atoms. The largest absolute Gasteiger partial charge is 0.392 e. The Morgan fingerprint density at radius 3 is 2.25 bits per heavy atom. The lowest BCUT2D eigenvalue weighted by Crippen LogP contribution is -2.44. The van der Waals surface area contributed by atoms with Crippen LogP contribution in [0, 0.1) is 0 Å². The molecule has 0 spiro atoms.